The summed E-state index contributed by atoms with van der Waals surface area (Å²) in [4.78, 5) is 15.4. The molecule has 0 atom stereocenters. The van der Waals surface area contributed by atoms with Crippen molar-refractivity contribution in [2.24, 2.45) is 0 Å². The highest BCUT2D eigenvalue weighted by Crippen LogP contribution is 2.10. The molecule has 76 valence electrons. The van der Waals surface area contributed by atoms with E-state index in [0.29, 0.717) is 0 Å². The van der Waals surface area contributed by atoms with E-state index in [1.807, 2.05) is 11.9 Å². The molecule has 1 saturated heterocycles. The van der Waals surface area contributed by atoms with Crippen molar-refractivity contribution < 1.29 is 4.79 Å². The van der Waals surface area contributed by atoms with Crippen LogP contribution in [0.3, 0.4) is 0 Å². The molecule has 2 amide bonds. The van der Waals surface area contributed by atoms with Crippen molar-refractivity contribution in [2.75, 3.05) is 32.0 Å². The quantitative estimate of drug-likeness (QED) is 0.686. The predicted octanol–water partition coefficient (Wildman–Crippen LogP) is 1.92. The summed E-state index contributed by atoms with van der Waals surface area (Å²) in [6.07, 6.45) is 3.59. The Morgan fingerprint density at radius 3 is 2.54 bits per heavy atom. The molecular formula is C9H17BrN2O. The lowest BCUT2D eigenvalue weighted by atomic mass is 10.1. The van der Waals surface area contributed by atoms with Crippen molar-refractivity contribution in [2.45, 2.75) is 19.3 Å². The Bertz CT molecular complexity index is 169. The number of hydrogen-bond donors (Lipinski definition) is 0. The van der Waals surface area contributed by atoms with Crippen LogP contribution < -0.4 is 0 Å². The fourth-order valence-corrected chi connectivity index (χ4v) is 2.08. The Kier molecular flexibility index (Phi) is 4.56. The molecule has 4 heteroatoms. The number of carbonyl (C=O) groups excluding carboxylic acids is 1. The lowest BCUT2D eigenvalue weighted by Crippen LogP contribution is -2.44. The number of rotatable bonds is 2. The number of halogens is 1. The Labute approximate surface area is 88.2 Å². The summed E-state index contributed by atoms with van der Waals surface area (Å²) in [5, 5.41) is 0.850. The SMILES string of the molecule is CN(CCBr)C(=O)N1CCCCC1. The highest BCUT2D eigenvalue weighted by Gasteiger charge is 2.18. The van der Waals surface area contributed by atoms with Gasteiger partial charge in [-0.15, -0.1) is 0 Å². The van der Waals surface area contributed by atoms with Gasteiger partial charge in [0.05, 0.1) is 0 Å². The first kappa shape index (κ1) is 10.8. The van der Waals surface area contributed by atoms with Gasteiger partial charge in [0, 0.05) is 32.0 Å². The molecule has 1 aliphatic rings. The van der Waals surface area contributed by atoms with E-state index < -0.39 is 0 Å². The first-order valence-electron chi connectivity index (χ1n) is 4.81. The number of urea groups is 1. The summed E-state index contributed by atoms with van der Waals surface area (Å²) in [6, 6.07) is 0.180. The maximum Gasteiger partial charge on any atom is 0.319 e. The normalized spacial score (nSPS) is 17.2. The minimum absolute atomic E-state index is 0.180. The molecule has 0 aromatic carbocycles. The number of hydrogen-bond acceptors (Lipinski definition) is 1. The molecule has 0 N–H and O–H groups in total. The van der Waals surface area contributed by atoms with Crippen LogP contribution in [0.4, 0.5) is 4.79 Å². The maximum atomic E-state index is 11.7. The predicted molar refractivity (Wildman–Crippen MR) is 57.2 cm³/mol. The van der Waals surface area contributed by atoms with E-state index in [1.54, 1.807) is 4.90 Å². The highest BCUT2D eigenvalue weighted by molar-refractivity contribution is 9.09. The monoisotopic (exact) mass is 248 g/mol. The van der Waals surface area contributed by atoms with Gasteiger partial charge in [-0.25, -0.2) is 4.79 Å². The van der Waals surface area contributed by atoms with E-state index in [2.05, 4.69) is 15.9 Å². The van der Waals surface area contributed by atoms with Crippen LogP contribution in [0, 0.1) is 0 Å². The molecule has 0 unspecified atom stereocenters. The summed E-state index contributed by atoms with van der Waals surface area (Å²) in [5.41, 5.74) is 0. The second-order valence-corrected chi connectivity index (χ2v) is 4.23. The first-order valence-corrected chi connectivity index (χ1v) is 5.94. The third kappa shape index (κ3) is 3.18. The molecule has 1 rings (SSSR count). The van der Waals surface area contributed by atoms with E-state index in [1.165, 1.54) is 6.42 Å². The van der Waals surface area contributed by atoms with Gasteiger partial charge < -0.3 is 9.80 Å². The Balaban J connectivity index is 2.36. The van der Waals surface area contributed by atoms with Crippen LogP contribution in [0.25, 0.3) is 0 Å². The van der Waals surface area contributed by atoms with Crippen LogP contribution in [-0.4, -0.2) is 47.8 Å². The summed E-state index contributed by atoms with van der Waals surface area (Å²) in [6.45, 7) is 2.66. The molecule has 1 aliphatic heterocycles. The summed E-state index contributed by atoms with van der Waals surface area (Å²) in [5.74, 6) is 0. The van der Waals surface area contributed by atoms with Gasteiger partial charge in [0.2, 0.25) is 0 Å². The molecule has 0 saturated carbocycles. The van der Waals surface area contributed by atoms with E-state index in [-0.39, 0.29) is 6.03 Å². The van der Waals surface area contributed by atoms with Crippen molar-refractivity contribution in [3.63, 3.8) is 0 Å². The Morgan fingerprint density at radius 1 is 1.38 bits per heavy atom. The summed E-state index contributed by atoms with van der Waals surface area (Å²) < 4.78 is 0. The van der Waals surface area contributed by atoms with Crippen LogP contribution in [0.2, 0.25) is 0 Å². The fourth-order valence-electron chi connectivity index (χ4n) is 1.55. The zero-order chi connectivity index (χ0) is 9.68. The van der Waals surface area contributed by atoms with Gasteiger partial charge in [-0.2, -0.15) is 0 Å². The average Bonchev–Trinajstić information content (AvgIpc) is 2.18. The number of likely N-dealkylation sites (tertiary alicyclic amines) is 1. The van der Waals surface area contributed by atoms with E-state index in [9.17, 15) is 4.79 Å². The van der Waals surface area contributed by atoms with Gasteiger partial charge in [0.15, 0.2) is 0 Å². The molecule has 0 aromatic heterocycles. The molecular weight excluding hydrogens is 232 g/mol. The van der Waals surface area contributed by atoms with Gasteiger partial charge >= 0.3 is 6.03 Å². The third-order valence-corrected chi connectivity index (χ3v) is 2.73. The van der Waals surface area contributed by atoms with Crippen molar-refractivity contribution in [1.29, 1.82) is 0 Å². The smallest absolute Gasteiger partial charge is 0.319 e. The zero-order valence-corrected chi connectivity index (χ0v) is 9.72. The second kappa shape index (κ2) is 5.47. The molecule has 0 aromatic rings. The van der Waals surface area contributed by atoms with Crippen LogP contribution in [0.5, 0.6) is 0 Å². The lowest BCUT2D eigenvalue weighted by Gasteiger charge is -2.30. The Hall–Kier alpha value is -0.250. The number of nitrogens with zero attached hydrogens (tertiary/aromatic N) is 2. The van der Waals surface area contributed by atoms with Gasteiger partial charge in [0.25, 0.3) is 0 Å². The van der Waals surface area contributed by atoms with E-state index >= 15 is 0 Å². The molecule has 1 heterocycles. The largest absolute Gasteiger partial charge is 0.327 e. The number of piperidine rings is 1. The van der Waals surface area contributed by atoms with Crippen LogP contribution in [0.15, 0.2) is 0 Å². The van der Waals surface area contributed by atoms with Crippen LogP contribution in [0.1, 0.15) is 19.3 Å². The third-order valence-electron chi connectivity index (χ3n) is 2.37. The zero-order valence-electron chi connectivity index (χ0n) is 8.13. The van der Waals surface area contributed by atoms with E-state index in [4.69, 9.17) is 0 Å². The molecule has 3 nitrogen and oxygen atoms in total. The fraction of sp³-hybridized carbons (Fsp3) is 0.889. The molecule has 13 heavy (non-hydrogen) atoms. The van der Waals surface area contributed by atoms with Gasteiger partial charge in [-0.1, -0.05) is 15.9 Å². The molecule has 0 bridgehead atoms. The van der Waals surface area contributed by atoms with Gasteiger partial charge in [-0.05, 0) is 19.3 Å². The highest BCUT2D eigenvalue weighted by atomic mass is 79.9. The second-order valence-electron chi connectivity index (χ2n) is 3.44. The minimum Gasteiger partial charge on any atom is -0.327 e. The van der Waals surface area contributed by atoms with Gasteiger partial charge in [0.1, 0.15) is 0 Å². The van der Waals surface area contributed by atoms with Crippen LogP contribution in [-0.2, 0) is 0 Å². The van der Waals surface area contributed by atoms with Crippen molar-refractivity contribution in [3.8, 4) is 0 Å². The van der Waals surface area contributed by atoms with E-state index in [0.717, 1.165) is 37.8 Å². The number of alkyl halides is 1. The molecule has 1 fully saturated rings. The Morgan fingerprint density at radius 2 is 2.00 bits per heavy atom. The number of carbonyl (C=O) groups is 1. The number of amides is 2. The van der Waals surface area contributed by atoms with Crippen molar-refractivity contribution in [1.82, 2.24) is 9.80 Å². The first-order chi connectivity index (χ1) is 6.25. The maximum absolute atomic E-state index is 11.7. The van der Waals surface area contributed by atoms with Gasteiger partial charge in [-0.3, -0.25) is 0 Å². The topological polar surface area (TPSA) is 23.6 Å². The minimum atomic E-state index is 0.180. The lowest BCUT2D eigenvalue weighted by molar-refractivity contribution is 0.155. The van der Waals surface area contributed by atoms with Crippen molar-refractivity contribution in [3.05, 3.63) is 0 Å². The summed E-state index contributed by atoms with van der Waals surface area (Å²) in [7, 11) is 1.86. The molecule has 0 aliphatic carbocycles. The van der Waals surface area contributed by atoms with Crippen molar-refractivity contribution >= 4 is 22.0 Å². The molecule has 0 spiro atoms. The average molecular weight is 249 g/mol. The molecule has 0 radical (unpaired) electrons. The standard InChI is InChI=1S/C9H17BrN2O/c1-11(8-5-10)9(13)12-6-3-2-4-7-12/h2-8H2,1H3. The summed E-state index contributed by atoms with van der Waals surface area (Å²) >= 11 is 3.33. The van der Waals surface area contributed by atoms with Crippen LogP contribution >= 0.6 is 15.9 Å².